The Kier molecular flexibility index (Phi) is 2.78. The maximum absolute atomic E-state index is 10.3. The number of hydrogen-bond acceptors (Lipinski definition) is 1. The summed E-state index contributed by atoms with van der Waals surface area (Å²) in [7, 11) is 0. The topological polar surface area (TPSA) is 20.2 Å². The highest BCUT2D eigenvalue weighted by Gasteiger charge is 2.41. The van der Waals surface area contributed by atoms with Crippen LogP contribution in [0.5, 0.6) is 0 Å². The van der Waals surface area contributed by atoms with Gasteiger partial charge in [-0.25, -0.2) is 0 Å². The Bertz CT molecular complexity index is 375. The third-order valence-electron chi connectivity index (χ3n) is 3.66. The molecule has 1 N–H and O–H groups in total. The fourth-order valence-corrected chi connectivity index (χ4v) is 2.32. The first-order valence-electron chi connectivity index (χ1n) is 5.49. The van der Waals surface area contributed by atoms with E-state index in [0.29, 0.717) is 5.92 Å². The van der Waals surface area contributed by atoms with E-state index in [1.165, 1.54) is 5.56 Å². The number of rotatable bonds is 2. The Morgan fingerprint density at radius 1 is 1.53 bits per heavy atom. The van der Waals surface area contributed by atoms with Crippen molar-refractivity contribution >= 4 is 11.6 Å². The van der Waals surface area contributed by atoms with E-state index in [1.54, 1.807) is 0 Å². The van der Waals surface area contributed by atoms with Gasteiger partial charge in [-0.2, -0.15) is 0 Å². The second kappa shape index (κ2) is 3.80. The van der Waals surface area contributed by atoms with Gasteiger partial charge in [0, 0.05) is 11.4 Å². The Balaban J connectivity index is 2.14. The number of hydrogen-bond donors (Lipinski definition) is 1. The molecule has 1 aromatic rings. The molecule has 2 rings (SSSR count). The predicted octanol–water partition coefficient (Wildman–Crippen LogP) is 3.35. The third-order valence-corrected chi connectivity index (χ3v) is 4.08. The van der Waals surface area contributed by atoms with E-state index in [4.69, 9.17) is 11.6 Å². The minimum absolute atomic E-state index is 0.425. The highest BCUT2D eigenvalue weighted by atomic mass is 35.5. The van der Waals surface area contributed by atoms with Crippen molar-refractivity contribution in [2.75, 3.05) is 0 Å². The van der Waals surface area contributed by atoms with Gasteiger partial charge in [-0.15, -0.1) is 0 Å². The average Bonchev–Trinajstić information content (AvgIpc) is 2.21. The Morgan fingerprint density at radius 3 is 2.73 bits per heavy atom. The van der Waals surface area contributed by atoms with Crippen molar-refractivity contribution in [2.24, 2.45) is 5.92 Å². The van der Waals surface area contributed by atoms with E-state index in [-0.39, 0.29) is 0 Å². The van der Waals surface area contributed by atoms with Gasteiger partial charge in [-0.05, 0) is 42.9 Å². The van der Waals surface area contributed by atoms with Gasteiger partial charge in [0.25, 0.3) is 0 Å². The zero-order valence-corrected chi connectivity index (χ0v) is 10.0. The average molecular weight is 225 g/mol. The minimum atomic E-state index is -0.472. The molecule has 0 radical (unpaired) electrons. The molecule has 0 saturated heterocycles. The van der Waals surface area contributed by atoms with Crippen LogP contribution in [0.1, 0.15) is 30.9 Å². The molecular weight excluding hydrogens is 208 g/mol. The second-order valence-corrected chi connectivity index (χ2v) is 5.21. The molecule has 2 unspecified atom stereocenters. The molecule has 1 nitrogen and oxygen atoms in total. The van der Waals surface area contributed by atoms with Crippen LogP contribution in [0.4, 0.5) is 0 Å². The highest BCUT2D eigenvalue weighted by Crippen LogP contribution is 2.40. The highest BCUT2D eigenvalue weighted by molar-refractivity contribution is 6.31. The lowest BCUT2D eigenvalue weighted by Gasteiger charge is -2.44. The molecule has 1 fully saturated rings. The van der Waals surface area contributed by atoms with Gasteiger partial charge in [0.2, 0.25) is 0 Å². The molecule has 1 aliphatic carbocycles. The molecule has 1 aliphatic rings. The van der Waals surface area contributed by atoms with Crippen LogP contribution >= 0.6 is 11.6 Å². The van der Waals surface area contributed by atoms with E-state index >= 15 is 0 Å². The van der Waals surface area contributed by atoms with E-state index in [9.17, 15) is 5.11 Å². The molecule has 1 saturated carbocycles. The molecule has 15 heavy (non-hydrogen) atoms. The molecule has 0 bridgehead atoms. The Labute approximate surface area is 96.1 Å². The summed E-state index contributed by atoms with van der Waals surface area (Å²) in [5.41, 5.74) is 1.80. The number of aryl methyl sites for hydroxylation is 1. The van der Waals surface area contributed by atoms with Gasteiger partial charge < -0.3 is 5.11 Å². The van der Waals surface area contributed by atoms with Gasteiger partial charge >= 0.3 is 0 Å². The summed E-state index contributed by atoms with van der Waals surface area (Å²) in [5.74, 6) is 0.425. The van der Waals surface area contributed by atoms with Crippen LogP contribution in [0.15, 0.2) is 18.2 Å². The second-order valence-electron chi connectivity index (χ2n) is 4.80. The monoisotopic (exact) mass is 224 g/mol. The molecule has 2 atom stereocenters. The summed E-state index contributed by atoms with van der Waals surface area (Å²) < 4.78 is 0. The van der Waals surface area contributed by atoms with E-state index in [1.807, 2.05) is 19.1 Å². The Morgan fingerprint density at radius 2 is 2.27 bits per heavy atom. The lowest BCUT2D eigenvalue weighted by atomic mass is 9.67. The smallest absolute Gasteiger partial charge is 0.0713 e. The maximum Gasteiger partial charge on any atom is 0.0713 e. The molecule has 1 aromatic carbocycles. The normalized spacial score (nSPS) is 30.0. The van der Waals surface area contributed by atoms with E-state index in [2.05, 4.69) is 13.0 Å². The lowest BCUT2D eigenvalue weighted by Crippen LogP contribution is -2.47. The zero-order chi connectivity index (χ0) is 11.1. The summed E-state index contributed by atoms with van der Waals surface area (Å²) in [6.45, 7) is 4.12. The quantitative estimate of drug-likeness (QED) is 0.817. The van der Waals surface area contributed by atoms with Crippen LogP contribution in [0, 0.1) is 12.8 Å². The van der Waals surface area contributed by atoms with E-state index in [0.717, 1.165) is 29.8 Å². The summed E-state index contributed by atoms with van der Waals surface area (Å²) in [4.78, 5) is 0. The Hall–Kier alpha value is -0.530. The predicted molar refractivity (Wildman–Crippen MR) is 63.2 cm³/mol. The maximum atomic E-state index is 10.3. The lowest BCUT2D eigenvalue weighted by molar-refractivity contribution is -0.0851. The largest absolute Gasteiger partial charge is 0.389 e. The standard InChI is InChI=1S/C13H17ClO/c1-9-7-11(3-4-12(9)14)8-13(15)6-5-10(13)2/h3-4,7,10,15H,5-6,8H2,1-2H3. The molecular formula is C13H17ClO. The first-order valence-corrected chi connectivity index (χ1v) is 5.86. The van der Waals surface area contributed by atoms with Gasteiger partial charge in [0.15, 0.2) is 0 Å². The summed E-state index contributed by atoms with van der Waals surface area (Å²) in [6.07, 6.45) is 2.82. The van der Waals surface area contributed by atoms with Crippen molar-refractivity contribution in [1.82, 2.24) is 0 Å². The first kappa shape index (κ1) is 11.0. The van der Waals surface area contributed by atoms with Crippen molar-refractivity contribution in [3.8, 4) is 0 Å². The van der Waals surface area contributed by atoms with Gasteiger partial charge in [0.05, 0.1) is 5.60 Å². The van der Waals surface area contributed by atoms with Crippen LogP contribution in [0.2, 0.25) is 5.02 Å². The zero-order valence-electron chi connectivity index (χ0n) is 9.26. The number of benzene rings is 1. The van der Waals surface area contributed by atoms with Gasteiger partial charge in [-0.1, -0.05) is 30.7 Å². The fourth-order valence-electron chi connectivity index (χ4n) is 2.20. The van der Waals surface area contributed by atoms with Crippen LogP contribution in [0.25, 0.3) is 0 Å². The van der Waals surface area contributed by atoms with Gasteiger partial charge in [-0.3, -0.25) is 0 Å². The SMILES string of the molecule is Cc1cc(CC2(O)CCC2C)ccc1Cl. The van der Waals surface area contributed by atoms with Crippen molar-refractivity contribution in [3.05, 3.63) is 34.3 Å². The molecule has 0 aromatic heterocycles. The molecule has 0 spiro atoms. The fraction of sp³-hybridized carbons (Fsp3) is 0.538. The minimum Gasteiger partial charge on any atom is -0.389 e. The molecule has 0 aliphatic heterocycles. The van der Waals surface area contributed by atoms with Crippen molar-refractivity contribution in [3.63, 3.8) is 0 Å². The number of halogens is 1. The van der Waals surface area contributed by atoms with E-state index < -0.39 is 5.60 Å². The van der Waals surface area contributed by atoms with Crippen LogP contribution in [-0.4, -0.2) is 10.7 Å². The van der Waals surface area contributed by atoms with Crippen molar-refractivity contribution in [1.29, 1.82) is 0 Å². The molecule has 0 heterocycles. The first-order chi connectivity index (χ1) is 7.01. The van der Waals surface area contributed by atoms with Gasteiger partial charge in [0.1, 0.15) is 0 Å². The van der Waals surface area contributed by atoms with Crippen LogP contribution < -0.4 is 0 Å². The van der Waals surface area contributed by atoms with Crippen molar-refractivity contribution in [2.45, 2.75) is 38.7 Å². The summed E-state index contributed by atoms with van der Waals surface area (Å²) in [6, 6.07) is 6.00. The molecule has 0 amide bonds. The summed E-state index contributed by atoms with van der Waals surface area (Å²) >= 11 is 5.97. The molecule has 2 heteroatoms. The molecule has 82 valence electrons. The van der Waals surface area contributed by atoms with Crippen molar-refractivity contribution < 1.29 is 5.11 Å². The van der Waals surface area contributed by atoms with Crippen LogP contribution in [0.3, 0.4) is 0 Å². The van der Waals surface area contributed by atoms with Crippen LogP contribution in [-0.2, 0) is 6.42 Å². The third kappa shape index (κ3) is 2.04. The summed E-state index contributed by atoms with van der Waals surface area (Å²) in [5, 5.41) is 11.1. The number of aliphatic hydroxyl groups is 1.